The molecule has 0 aromatic heterocycles. The zero-order valence-corrected chi connectivity index (χ0v) is 11.9. The van der Waals surface area contributed by atoms with E-state index >= 15 is 0 Å². The molecular weight excluding hydrogens is 232 g/mol. The molecule has 0 aromatic rings. The molecule has 0 aromatic carbocycles. The standard InChI is InChI=1S/C13H24N2O3/c1-9-7-6-8-15(9)11(16)10(2)14-12(17)18-13(3,4)5/h9-10H,6-8H2,1-5H3,(H,14,17). The third-order valence-corrected chi connectivity index (χ3v) is 2.94. The maximum absolute atomic E-state index is 12.1. The van der Waals surface area contributed by atoms with Crippen LogP contribution in [0.5, 0.6) is 0 Å². The van der Waals surface area contributed by atoms with E-state index in [-0.39, 0.29) is 11.9 Å². The quantitative estimate of drug-likeness (QED) is 0.821. The van der Waals surface area contributed by atoms with Crippen molar-refractivity contribution in [1.29, 1.82) is 0 Å². The number of carbonyl (C=O) groups is 2. The van der Waals surface area contributed by atoms with Crippen LogP contribution in [0.3, 0.4) is 0 Å². The second-order valence-electron chi connectivity index (χ2n) is 5.89. The lowest BCUT2D eigenvalue weighted by molar-refractivity contribution is -0.133. The van der Waals surface area contributed by atoms with E-state index in [0.29, 0.717) is 0 Å². The van der Waals surface area contributed by atoms with Crippen LogP contribution in [0.2, 0.25) is 0 Å². The molecule has 1 aliphatic heterocycles. The second kappa shape index (κ2) is 5.59. The predicted molar refractivity (Wildman–Crippen MR) is 69.2 cm³/mol. The highest BCUT2D eigenvalue weighted by atomic mass is 16.6. The number of carbonyl (C=O) groups excluding carboxylic acids is 2. The number of likely N-dealkylation sites (tertiary alicyclic amines) is 1. The lowest BCUT2D eigenvalue weighted by Gasteiger charge is -2.26. The molecule has 0 radical (unpaired) electrons. The number of hydrogen-bond donors (Lipinski definition) is 1. The van der Waals surface area contributed by atoms with Gasteiger partial charge in [-0.2, -0.15) is 0 Å². The van der Waals surface area contributed by atoms with E-state index in [1.807, 2.05) is 11.8 Å². The maximum atomic E-state index is 12.1. The summed E-state index contributed by atoms with van der Waals surface area (Å²) in [5.74, 6) is -0.0362. The van der Waals surface area contributed by atoms with E-state index in [0.717, 1.165) is 19.4 Å². The molecule has 1 fully saturated rings. The van der Waals surface area contributed by atoms with E-state index in [4.69, 9.17) is 4.74 Å². The van der Waals surface area contributed by atoms with Crippen LogP contribution in [-0.2, 0) is 9.53 Å². The van der Waals surface area contributed by atoms with Crippen LogP contribution in [0.25, 0.3) is 0 Å². The van der Waals surface area contributed by atoms with Gasteiger partial charge in [-0.05, 0) is 47.5 Å². The van der Waals surface area contributed by atoms with Crippen LogP contribution in [0.15, 0.2) is 0 Å². The van der Waals surface area contributed by atoms with E-state index in [1.165, 1.54) is 0 Å². The zero-order chi connectivity index (χ0) is 13.9. The molecular formula is C13H24N2O3. The largest absolute Gasteiger partial charge is 0.444 e. The Morgan fingerprint density at radius 1 is 1.39 bits per heavy atom. The summed E-state index contributed by atoms with van der Waals surface area (Å²) >= 11 is 0. The fraction of sp³-hybridized carbons (Fsp3) is 0.846. The summed E-state index contributed by atoms with van der Waals surface area (Å²) in [5, 5.41) is 2.58. The number of ether oxygens (including phenoxy) is 1. The molecule has 2 amide bonds. The highest BCUT2D eigenvalue weighted by Gasteiger charge is 2.30. The smallest absolute Gasteiger partial charge is 0.408 e. The highest BCUT2D eigenvalue weighted by Crippen LogP contribution is 2.17. The number of rotatable bonds is 2. The molecule has 2 atom stereocenters. The normalized spacial score (nSPS) is 21.6. The fourth-order valence-electron chi connectivity index (χ4n) is 2.06. The molecule has 1 saturated heterocycles. The van der Waals surface area contributed by atoms with Crippen molar-refractivity contribution in [2.45, 2.75) is 65.1 Å². The van der Waals surface area contributed by atoms with Gasteiger partial charge in [0.2, 0.25) is 5.91 Å². The minimum atomic E-state index is -0.548. The van der Waals surface area contributed by atoms with Gasteiger partial charge in [0.25, 0.3) is 0 Å². The van der Waals surface area contributed by atoms with Gasteiger partial charge in [-0.1, -0.05) is 0 Å². The summed E-state index contributed by atoms with van der Waals surface area (Å²) in [6.45, 7) is 9.88. The number of nitrogens with zero attached hydrogens (tertiary/aromatic N) is 1. The van der Waals surface area contributed by atoms with Crippen LogP contribution in [0.1, 0.15) is 47.5 Å². The van der Waals surface area contributed by atoms with Crippen LogP contribution in [0, 0.1) is 0 Å². The molecule has 1 aliphatic rings. The number of amides is 2. The fourth-order valence-corrected chi connectivity index (χ4v) is 2.06. The molecule has 18 heavy (non-hydrogen) atoms. The van der Waals surface area contributed by atoms with Crippen molar-refractivity contribution in [1.82, 2.24) is 10.2 Å². The summed E-state index contributed by atoms with van der Waals surface area (Å²) in [4.78, 5) is 25.5. The molecule has 1 N–H and O–H groups in total. The van der Waals surface area contributed by atoms with Crippen LogP contribution in [0.4, 0.5) is 4.79 Å². The monoisotopic (exact) mass is 256 g/mol. The lowest BCUT2D eigenvalue weighted by atomic mass is 10.2. The summed E-state index contributed by atoms with van der Waals surface area (Å²) in [5.41, 5.74) is -0.548. The summed E-state index contributed by atoms with van der Waals surface area (Å²) in [6.07, 6.45) is 1.52. The minimum absolute atomic E-state index is 0.0362. The van der Waals surface area contributed by atoms with Gasteiger partial charge in [0.15, 0.2) is 0 Å². The first-order valence-electron chi connectivity index (χ1n) is 6.50. The van der Waals surface area contributed by atoms with Crippen molar-refractivity contribution in [2.75, 3.05) is 6.54 Å². The SMILES string of the molecule is CC(NC(=O)OC(C)(C)C)C(=O)N1CCCC1C. The average molecular weight is 256 g/mol. The highest BCUT2D eigenvalue weighted by molar-refractivity contribution is 5.85. The first-order valence-corrected chi connectivity index (χ1v) is 6.50. The van der Waals surface area contributed by atoms with Crippen LogP contribution >= 0.6 is 0 Å². The van der Waals surface area contributed by atoms with E-state index in [1.54, 1.807) is 27.7 Å². The number of alkyl carbamates (subject to hydrolysis) is 1. The van der Waals surface area contributed by atoms with Crippen molar-refractivity contribution in [2.24, 2.45) is 0 Å². The molecule has 5 heteroatoms. The van der Waals surface area contributed by atoms with E-state index < -0.39 is 17.7 Å². The molecule has 104 valence electrons. The first-order chi connectivity index (χ1) is 8.20. The van der Waals surface area contributed by atoms with Gasteiger partial charge in [-0.15, -0.1) is 0 Å². The topological polar surface area (TPSA) is 58.6 Å². The lowest BCUT2D eigenvalue weighted by Crippen LogP contribution is -2.49. The van der Waals surface area contributed by atoms with Gasteiger partial charge in [-0.3, -0.25) is 4.79 Å². The van der Waals surface area contributed by atoms with Crippen molar-refractivity contribution in [3.05, 3.63) is 0 Å². The molecule has 0 bridgehead atoms. The Hall–Kier alpha value is -1.26. The molecule has 0 saturated carbocycles. The van der Waals surface area contributed by atoms with Crippen molar-refractivity contribution >= 4 is 12.0 Å². The first kappa shape index (κ1) is 14.8. The number of hydrogen-bond acceptors (Lipinski definition) is 3. The molecule has 1 rings (SSSR count). The van der Waals surface area contributed by atoms with E-state index in [9.17, 15) is 9.59 Å². The molecule has 1 heterocycles. The van der Waals surface area contributed by atoms with Gasteiger partial charge in [0, 0.05) is 12.6 Å². The molecule has 2 unspecified atom stereocenters. The zero-order valence-electron chi connectivity index (χ0n) is 11.9. The third kappa shape index (κ3) is 4.20. The summed E-state index contributed by atoms with van der Waals surface area (Å²) in [6, 6.07) is -0.277. The second-order valence-corrected chi connectivity index (χ2v) is 5.89. The van der Waals surface area contributed by atoms with Crippen LogP contribution < -0.4 is 5.32 Å². The molecule has 5 nitrogen and oxygen atoms in total. The minimum Gasteiger partial charge on any atom is -0.444 e. The van der Waals surface area contributed by atoms with Crippen molar-refractivity contribution in [3.8, 4) is 0 Å². The van der Waals surface area contributed by atoms with Gasteiger partial charge in [0.1, 0.15) is 11.6 Å². The van der Waals surface area contributed by atoms with Gasteiger partial charge >= 0.3 is 6.09 Å². The molecule has 0 aliphatic carbocycles. The molecule has 0 spiro atoms. The van der Waals surface area contributed by atoms with Crippen LogP contribution in [-0.4, -0.2) is 41.1 Å². The Morgan fingerprint density at radius 3 is 2.44 bits per heavy atom. The maximum Gasteiger partial charge on any atom is 0.408 e. The Labute approximate surface area is 109 Å². The number of nitrogens with one attached hydrogen (secondary N) is 1. The third-order valence-electron chi connectivity index (χ3n) is 2.94. The Kier molecular flexibility index (Phi) is 4.59. The predicted octanol–water partition coefficient (Wildman–Crippen LogP) is 1.91. The Bertz CT molecular complexity index is 323. The Balaban J connectivity index is 2.47. The Morgan fingerprint density at radius 2 is 2.00 bits per heavy atom. The van der Waals surface area contributed by atoms with Crippen molar-refractivity contribution < 1.29 is 14.3 Å². The van der Waals surface area contributed by atoms with E-state index in [2.05, 4.69) is 5.32 Å². The average Bonchev–Trinajstić information content (AvgIpc) is 2.60. The van der Waals surface area contributed by atoms with Gasteiger partial charge in [0.05, 0.1) is 0 Å². The summed E-state index contributed by atoms with van der Waals surface area (Å²) in [7, 11) is 0. The van der Waals surface area contributed by atoms with Gasteiger partial charge < -0.3 is 15.0 Å². The van der Waals surface area contributed by atoms with Crippen molar-refractivity contribution in [3.63, 3.8) is 0 Å². The van der Waals surface area contributed by atoms with Gasteiger partial charge in [-0.25, -0.2) is 4.79 Å². The summed E-state index contributed by atoms with van der Waals surface area (Å²) < 4.78 is 5.13.